The summed E-state index contributed by atoms with van der Waals surface area (Å²) < 4.78 is 2.35. The molecule has 0 radical (unpaired) electrons. The Morgan fingerprint density at radius 1 is 1.45 bits per heavy atom. The van der Waals surface area contributed by atoms with E-state index in [1.807, 2.05) is 6.92 Å². The summed E-state index contributed by atoms with van der Waals surface area (Å²) in [6, 6.07) is 6.47. The van der Waals surface area contributed by atoms with Crippen LogP contribution in [-0.2, 0) is 6.54 Å². The van der Waals surface area contributed by atoms with Crippen LogP contribution >= 0.6 is 23.4 Å². The number of hydrogen-bond donors (Lipinski definition) is 0. The predicted molar refractivity (Wildman–Crippen MR) is 88.8 cm³/mol. The molecule has 0 amide bonds. The van der Waals surface area contributed by atoms with Crippen LogP contribution in [0.25, 0.3) is 11.0 Å². The monoisotopic (exact) mass is 308 g/mol. The molecule has 1 aliphatic heterocycles. The number of halogens is 1. The van der Waals surface area contributed by atoms with E-state index in [1.165, 1.54) is 36.1 Å². The minimum atomic E-state index is -0.0451. The van der Waals surface area contributed by atoms with Crippen molar-refractivity contribution in [1.82, 2.24) is 9.55 Å². The second kappa shape index (κ2) is 5.98. The summed E-state index contributed by atoms with van der Waals surface area (Å²) in [7, 11) is 0. The van der Waals surface area contributed by atoms with E-state index in [0.717, 1.165) is 17.9 Å². The zero-order valence-electron chi connectivity index (χ0n) is 12.1. The van der Waals surface area contributed by atoms with E-state index in [1.54, 1.807) is 0 Å². The highest BCUT2D eigenvalue weighted by Gasteiger charge is 2.20. The van der Waals surface area contributed by atoms with Crippen LogP contribution in [0, 0.1) is 6.92 Å². The normalized spacial score (nSPS) is 21.2. The van der Waals surface area contributed by atoms with Crippen LogP contribution in [0.5, 0.6) is 0 Å². The Bertz CT molecular complexity index is 600. The predicted octanol–water partition coefficient (Wildman–Crippen LogP) is 4.93. The van der Waals surface area contributed by atoms with Crippen molar-refractivity contribution in [3.63, 3.8) is 0 Å². The highest BCUT2D eigenvalue weighted by Crippen LogP contribution is 2.31. The fraction of sp³-hybridized carbons (Fsp3) is 0.562. The maximum absolute atomic E-state index is 6.35. The highest BCUT2D eigenvalue weighted by molar-refractivity contribution is 7.99. The molecule has 0 aliphatic carbocycles. The SMILES string of the molecule is Cc1ccc2nc(C(C)Cl)n(CC3CCCCS3)c2c1. The van der Waals surface area contributed by atoms with Gasteiger partial charge in [0.25, 0.3) is 0 Å². The second-order valence-electron chi connectivity index (χ2n) is 5.68. The lowest BCUT2D eigenvalue weighted by Crippen LogP contribution is -2.18. The average molecular weight is 309 g/mol. The van der Waals surface area contributed by atoms with Gasteiger partial charge in [-0.2, -0.15) is 11.8 Å². The molecular weight excluding hydrogens is 288 g/mol. The Labute approximate surface area is 129 Å². The fourth-order valence-corrected chi connectivity index (χ4v) is 4.36. The van der Waals surface area contributed by atoms with E-state index in [4.69, 9.17) is 16.6 Å². The molecule has 1 aromatic carbocycles. The van der Waals surface area contributed by atoms with Crippen molar-refractivity contribution in [1.29, 1.82) is 0 Å². The van der Waals surface area contributed by atoms with Gasteiger partial charge in [-0.05, 0) is 50.1 Å². The van der Waals surface area contributed by atoms with E-state index < -0.39 is 0 Å². The smallest absolute Gasteiger partial charge is 0.127 e. The first kappa shape index (κ1) is 14.3. The van der Waals surface area contributed by atoms with Crippen LogP contribution in [0.1, 0.15) is 43.0 Å². The number of nitrogens with zero attached hydrogens (tertiary/aromatic N) is 2. The molecular formula is C16H21ClN2S. The summed E-state index contributed by atoms with van der Waals surface area (Å²) in [5.41, 5.74) is 3.58. The molecule has 0 spiro atoms. The fourth-order valence-electron chi connectivity index (χ4n) is 2.90. The maximum Gasteiger partial charge on any atom is 0.127 e. The molecule has 2 nitrogen and oxygen atoms in total. The molecule has 0 N–H and O–H groups in total. The van der Waals surface area contributed by atoms with Crippen molar-refractivity contribution in [3.8, 4) is 0 Å². The Morgan fingerprint density at radius 2 is 2.30 bits per heavy atom. The number of thioether (sulfide) groups is 1. The Morgan fingerprint density at radius 3 is 3.00 bits per heavy atom. The van der Waals surface area contributed by atoms with Crippen molar-refractivity contribution < 1.29 is 0 Å². The molecule has 2 atom stereocenters. The van der Waals surface area contributed by atoms with Crippen molar-refractivity contribution in [2.24, 2.45) is 0 Å². The number of aromatic nitrogens is 2. The molecule has 1 saturated heterocycles. The van der Waals surface area contributed by atoms with Crippen LogP contribution in [-0.4, -0.2) is 20.6 Å². The van der Waals surface area contributed by atoms with Gasteiger partial charge < -0.3 is 4.57 Å². The van der Waals surface area contributed by atoms with Crippen molar-refractivity contribution >= 4 is 34.4 Å². The van der Waals surface area contributed by atoms with Crippen LogP contribution in [0.3, 0.4) is 0 Å². The zero-order chi connectivity index (χ0) is 14.1. The number of aryl methyl sites for hydroxylation is 1. The van der Waals surface area contributed by atoms with Crippen molar-refractivity contribution in [3.05, 3.63) is 29.6 Å². The van der Waals surface area contributed by atoms with E-state index in [0.29, 0.717) is 5.25 Å². The van der Waals surface area contributed by atoms with Gasteiger partial charge in [0.05, 0.1) is 16.4 Å². The summed E-state index contributed by atoms with van der Waals surface area (Å²) in [5, 5.41) is 0.659. The Balaban J connectivity index is 2.01. The standard InChI is InChI=1S/C16H21ClN2S/c1-11-6-7-14-15(9-11)19(16(18-14)12(2)17)10-13-5-3-4-8-20-13/h6-7,9,12-13H,3-5,8,10H2,1-2H3. The average Bonchev–Trinajstić information content (AvgIpc) is 2.78. The molecule has 3 rings (SSSR count). The molecule has 1 aliphatic rings. The van der Waals surface area contributed by atoms with Gasteiger partial charge in [-0.15, -0.1) is 11.6 Å². The molecule has 108 valence electrons. The van der Waals surface area contributed by atoms with Crippen LogP contribution < -0.4 is 0 Å². The number of fused-ring (bicyclic) bond motifs is 1. The van der Waals surface area contributed by atoms with Gasteiger partial charge in [0.2, 0.25) is 0 Å². The first-order valence-electron chi connectivity index (χ1n) is 7.37. The summed E-state index contributed by atoms with van der Waals surface area (Å²) in [5.74, 6) is 2.31. The van der Waals surface area contributed by atoms with Crippen molar-refractivity contribution in [2.75, 3.05) is 5.75 Å². The van der Waals surface area contributed by atoms with Gasteiger partial charge in [-0.1, -0.05) is 12.5 Å². The largest absolute Gasteiger partial charge is 0.326 e. The van der Waals surface area contributed by atoms with Gasteiger partial charge in [0.15, 0.2) is 0 Å². The molecule has 2 heterocycles. The molecule has 20 heavy (non-hydrogen) atoms. The van der Waals surface area contributed by atoms with Gasteiger partial charge >= 0.3 is 0 Å². The number of alkyl halides is 1. The molecule has 1 fully saturated rings. The second-order valence-corrected chi connectivity index (χ2v) is 7.74. The van der Waals surface area contributed by atoms with E-state index in [9.17, 15) is 0 Å². The maximum atomic E-state index is 6.35. The molecule has 2 aromatic rings. The third-order valence-corrected chi connectivity index (χ3v) is 5.52. The third kappa shape index (κ3) is 2.84. The molecule has 4 heteroatoms. The van der Waals surface area contributed by atoms with Gasteiger partial charge in [-0.25, -0.2) is 4.98 Å². The topological polar surface area (TPSA) is 17.8 Å². The van der Waals surface area contributed by atoms with E-state index in [-0.39, 0.29) is 5.38 Å². The van der Waals surface area contributed by atoms with Gasteiger partial charge in [0.1, 0.15) is 5.82 Å². The lowest BCUT2D eigenvalue weighted by molar-refractivity contribution is 0.575. The molecule has 0 bridgehead atoms. The first-order valence-corrected chi connectivity index (χ1v) is 8.86. The van der Waals surface area contributed by atoms with Crippen LogP contribution in [0.2, 0.25) is 0 Å². The minimum Gasteiger partial charge on any atom is -0.326 e. The Hall–Kier alpha value is -0.670. The summed E-state index contributed by atoms with van der Waals surface area (Å²) in [6.45, 7) is 5.19. The van der Waals surface area contributed by atoms with Gasteiger partial charge in [0, 0.05) is 11.8 Å². The van der Waals surface area contributed by atoms with Crippen molar-refractivity contribution in [2.45, 2.75) is 50.3 Å². The van der Waals surface area contributed by atoms with E-state index in [2.05, 4.69) is 41.5 Å². The molecule has 2 unspecified atom stereocenters. The highest BCUT2D eigenvalue weighted by atomic mass is 35.5. The minimum absolute atomic E-state index is 0.0451. The number of benzene rings is 1. The number of hydrogen-bond acceptors (Lipinski definition) is 2. The Kier molecular flexibility index (Phi) is 4.27. The lowest BCUT2D eigenvalue weighted by Gasteiger charge is -2.23. The zero-order valence-corrected chi connectivity index (χ0v) is 13.7. The summed E-state index contributed by atoms with van der Waals surface area (Å²) >= 11 is 8.45. The summed E-state index contributed by atoms with van der Waals surface area (Å²) in [4.78, 5) is 4.74. The number of rotatable bonds is 3. The van der Waals surface area contributed by atoms with Crippen LogP contribution in [0.15, 0.2) is 18.2 Å². The molecule has 1 aromatic heterocycles. The number of imidazole rings is 1. The quantitative estimate of drug-likeness (QED) is 0.748. The molecule has 0 saturated carbocycles. The van der Waals surface area contributed by atoms with E-state index >= 15 is 0 Å². The third-order valence-electron chi connectivity index (χ3n) is 3.95. The first-order chi connectivity index (χ1) is 9.65. The summed E-state index contributed by atoms with van der Waals surface area (Å²) in [6.07, 6.45) is 4.03. The lowest BCUT2D eigenvalue weighted by atomic mass is 10.2. The van der Waals surface area contributed by atoms with Crippen LogP contribution in [0.4, 0.5) is 0 Å². The van der Waals surface area contributed by atoms with Gasteiger partial charge in [-0.3, -0.25) is 0 Å².